The Kier molecular flexibility index (Phi) is 4.02. The van der Waals surface area contributed by atoms with Crippen molar-refractivity contribution in [2.75, 3.05) is 5.32 Å². The number of hydrogen-bond acceptors (Lipinski definition) is 4. The predicted molar refractivity (Wildman–Crippen MR) is 100 cm³/mol. The van der Waals surface area contributed by atoms with Crippen LogP contribution in [0.5, 0.6) is 0 Å². The maximum atomic E-state index is 9.13. The molecule has 3 aromatic rings. The van der Waals surface area contributed by atoms with Crippen LogP contribution in [0, 0.1) is 18.3 Å². The SMILES string of the molecule is Cc1nnn2c1-c1ccc(Br)cc1C(Nc1cccc(C#N)c1)CC2. The molecular formula is C19H16BrN5. The van der Waals surface area contributed by atoms with Gasteiger partial charge in [-0.3, -0.25) is 0 Å². The van der Waals surface area contributed by atoms with E-state index < -0.39 is 0 Å². The Labute approximate surface area is 154 Å². The van der Waals surface area contributed by atoms with Crippen LogP contribution in [-0.2, 0) is 6.54 Å². The van der Waals surface area contributed by atoms with Gasteiger partial charge in [-0.15, -0.1) is 5.10 Å². The lowest BCUT2D eigenvalue weighted by Crippen LogP contribution is -2.12. The van der Waals surface area contributed by atoms with E-state index in [4.69, 9.17) is 5.26 Å². The van der Waals surface area contributed by atoms with Crippen molar-refractivity contribution in [1.29, 1.82) is 5.26 Å². The first kappa shape index (κ1) is 15.9. The van der Waals surface area contributed by atoms with Gasteiger partial charge in [0.05, 0.1) is 29.1 Å². The van der Waals surface area contributed by atoms with Crippen LogP contribution < -0.4 is 5.32 Å². The molecule has 0 saturated carbocycles. The third-order valence-corrected chi connectivity index (χ3v) is 5.00. The molecule has 1 N–H and O–H groups in total. The third-order valence-electron chi connectivity index (χ3n) is 4.51. The molecule has 1 aromatic heterocycles. The Hall–Kier alpha value is -2.65. The summed E-state index contributed by atoms with van der Waals surface area (Å²) in [5.41, 5.74) is 5.98. The summed E-state index contributed by atoms with van der Waals surface area (Å²) in [5.74, 6) is 0. The number of aromatic nitrogens is 3. The molecule has 1 aliphatic heterocycles. The summed E-state index contributed by atoms with van der Waals surface area (Å²) >= 11 is 3.59. The highest BCUT2D eigenvalue weighted by Gasteiger charge is 2.25. The van der Waals surface area contributed by atoms with Crippen LogP contribution in [0.2, 0.25) is 0 Å². The van der Waals surface area contributed by atoms with Crippen LogP contribution in [0.25, 0.3) is 11.3 Å². The van der Waals surface area contributed by atoms with Crippen LogP contribution in [0.15, 0.2) is 46.9 Å². The molecule has 0 aliphatic carbocycles. The summed E-state index contributed by atoms with van der Waals surface area (Å²) in [6.45, 7) is 2.78. The number of halogens is 1. The predicted octanol–water partition coefficient (Wildman–Crippen LogP) is 4.44. The molecule has 1 aliphatic rings. The van der Waals surface area contributed by atoms with Gasteiger partial charge in [0.1, 0.15) is 0 Å². The number of anilines is 1. The van der Waals surface area contributed by atoms with Gasteiger partial charge in [-0.2, -0.15) is 5.26 Å². The highest BCUT2D eigenvalue weighted by Crippen LogP contribution is 2.38. The molecular weight excluding hydrogens is 378 g/mol. The molecule has 2 heterocycles. The highest BCUT2D eigenvalue weighted by atomic mass is 79.9. The monoisotopic (exact) mass is 393 g/mol. The summed E-state index contributed by atoms with van der Waals surface area (Å²) < 4.78 is 3.03. The summed E-state index contributed by atoms with van der Waals surface area (Å²) in [6, 6.07) is 16.2. The molecule has 0 bridgehead atoms. The van der Waals surface area contributed by atoms with Crippen LogP contribution >= 0.6 is 15.9 Å². The molecule has 25 heavy (non-hydrogen) atoms. The molecule has 0 radical (unpaired) electrons. The number of aryl methyl sites for hydroxylation is 2. The van der Waals surface area contributed by atoms with Gasteiger partial charge < -0.3 is 5.32 Å². The largest absolute Gasteiger partial charge is 0.378 e. The van der Waals surface area contributed by atoms with Gasteiger partial charge in [0.15, 0.2) is 0 Å². The molecule has 6 heteroatoms. The number of hydrogen-bond donors (Lipinski definition) is 1. The first-order valence-electron chi connectivity index (χ1n) is 8.12. The van der Waals surface area contributed by atoms with Crippen molar-refractivity contribution < 1.29 is 0 Å². The zero-order valence-corrected chi connectivity index (χ0v) is 15.3. The van der Waals surface area contributed by atoms with Gasteiger partial charge in [0.2, 0.25) is 0 Å². The van der Waals surface area contributed by atoms with E-state index in [1.165, 1.54) is 5.56 Å². The van der Waals surface area contributed by atoms with Crippen LogP contribution in [0.1, 0.15) is 29.3 Å². The number of nitrogens with one attached hydrogen (secondary N) is 1. The minimum Gasteiger partial charge on any atom is -0.378 e. The molecule has 1 unspecified atom stereocenters. The number of fused-ring (bicyclic) bond motifs is 3. The van der Waals surface area contributed by atoms with Crippen molar-refractivity contribution in [3.63, 3.8) is 0 Å². The average Bonchev–Trinajstić information content (AvgIpc) is 2.91. The van der Waals surface area contributed by atoms with Gasteiger partial charge in [-0.05, 0) is 49.2 Å². The summed E-state index contributed by atoms with van der Waals surface area (Å²) in [6.07, 6.45) is 0.885. The van der Waals surface area contributed by atoms with E-state index in [0.29, 0.717) is 5.56 Å². The molecule has 4 rings (SSSR count). The van der Waals surface area contributed by atoms with Crippen LogP contribution in [0.4, 0.5) is 5.69 Å². The lowest BCUT2D eigenvalue weighted by molar-refractivity contribution is 0.539. The Balaban J connectivity index is 1.78. The topological polar surface area (TPSA) is 66.5 Å². The fourth-order valence-corrected chi connectivity index (χ4v) is 3.74. The Bertz CT molecular complexity index is 986. The van der Waals surface area contributed by atoms with E-state index in [2.05, 4.69) is 49.8 Å². The van der Waals surface area contributed by atoms with Gasteiger partial charge >= 0.3 is 0 Å². The molecule has 124 valence electrons. The zero-order chi connectivity index (χ0) is 17.4. The molecule has 0 spiro atoms. The Morgan fingerprint density at radius 1 is 1.28 bits per heavy atom. The third kappa shape index (κ3) is 2.92. The molecule has 2 aromatic carbocycles. The number of nitriles is 1. The van der Waals surface area contributed by atoms with Crippen molar-refractivity contribution in [1.82, 2.24) is 15.0 Å². The van der Waals surface area contributed by atoms with Crippen molar-refractivity contribution in [3.05, 3.63) is 63.8 Å². The van der Waals surface area contributed by atoms with E-state index in [0.717, 1.165) is 40.1 Å². The minimum absolute atomic E-state index is 0.127. The van der Waals surface area contributed by atoms with Gasteiger partial charge in [0, 0.05) is 22.3 Å². The van der Waals surface area contributed by atoms with Crippen LogP contribution in [0.3, 0.4) is 0 Å². The summed E-state index contributed by atoms with van der Waals surface area (Å²) in [7, 11) is 0. The average molecular weight is 394 g/mol. The lowest BCUT2D eigenvalue weighted by Gasteiger charge is -2.21. The van der Waals surface area contributed by atoms with Gasteiger partial charge in [0.25, 0.3) is 0 Å². The highest BCUT2D eigenvalue weighted by molar-refractivity contribution is 9.10. The quantitative estimate of drug-likeness (QED) is 0.698. The number of rotatable bonds is 2. The maximum absolute atomic E-state index is 9.13. The lowest BCUT2D eigenvalue weighted by atomic mass is 9.96. The Morgan fingerprint density at radius 2 is 2.16 bits per heavy atom. The van der Waals surface area contributed by atoms with E-state index in [-0.39, 0.29) is 6.04 Å². The van der Waals surface area contributed by atoms with E-state index in [1.54, 1.807) is 0 Å². The van der Waals surface area contributed by atoms with Crippen molar-refractivity contribution in [2.45, 2.75) is 25.9 Å². The van der Waals surface area contributed by atoms with E-state index in [9.17, 15) is 0 Å². The first-order valence-corrected chi connectivity index (χ1v) is 8.91. The molecule has 0 fully saturated rings. The maximum Gasteiger partial charge on any atom is 0.0992 e. The molecule has 0 amide bonds. The van der Waals surface area contributed by atoms with Crippen molar-refractivity contribution in [2.24, 2.45) is 0 Å². The molecule has 5 nitrogen and oxygen atoms in total. The van der Waals surface area contributed by atoms with E-state index >= 15 is 0 Å². The zero-order valence-electron chi connectivity index (χ0n) is 13.7. The van der Waals surface area contributed by atoms with Gasteiger partial charge in [-0.25, -0.2) is 4.68 Å². The van der Waals surface area contributed by atoms with Gasteiger partial charge in [-0.1, -0.05) is 33.3 Å². The number of nitrogens with zero attached hydrogens (tertiary/aromatic N) is 4. The normalized spacial score (nSPS) is 15.6. The molecule has 0 saturated heterocycles. The standard InChI is InChI=1S/C19H16BrN5/c1-12-19-16-6-5-14(20)10-17(16)18(7-8-25(19)24-23-12)22-15-4-2-3-13(9-15)11-21/h2-6,9-10,18,22H,7-8H2,1H3. The smallest absolute Gasteiger partial charge is 0.0992 e. The fourth-order valence-electron chi connectivity index (χ4n) is 3.36. The Morgan fingerprint density at radius 3 is 3.00 bits per heavy atom. The first-order chi connectivity index (χ1) is 12.2. The van der Waals surface area contributed by atoms with E-state index in [1.807, 2.05) is 41.9 Å². The van der Waals surface area contributed by atoms with Crippen molar-refractivity contribution in [3.8, 4) is 17.3 Å². The second kappa shape index (κ2) is 6.34. The summed E-state index contributed by atoms with van der Waals surface area (Å²) in [4.78, 5) is 0. The summed E-state index contributed by atoms with van der Waals surface area (Å²) in [5, 5.41) is 21.2. The number of benzene rings is 2. The second-order valence-electron chi connectivity index (χ2n) is 6.16. The second-order valence-corrected chi connectivity index (χ2v) is 7.07. The minimum atomic E-state index is 0.127. The van der Waals surface area contributed by atoms with Crippen LogP contribution in [-0.4, -0.2) is 15.0 Å². The van der Waals surface area contributed by atoms with Crippen molar-refractivity contribution >= 4 is 21.6 Å². The molecule has 1 atom stereocenters. The fraction of sp³-hybridized carbons (Fsp3) is 0.211.